The van der Waals surface area contributed by atoms with Gasteiger partial charge in [0.1, 0.15) is 11.4 Å². The van der Waals surface area contributed by atoms with Crippen molar-refractivity contribution in [2.45, 2.75) is 25.9 Å². The molecule has 2 heterocycles. The van der Waals surface area contributed by atoms with Gasteiger partial charge in [-0.1, -0.05) is 0 Å². The minimum Gasteiger partial charge on any atom is -0.487 e. The van der Waals surface area contributed by atoms with Crippen LogP contribution in [-0.4, -0.2) is 11.4 Å². The maximum absolute atomic E-state index is 12.6. The van der Waals surface area contributed by atoms with E-state index in [1.165, 1.54) is 11.3 Å². The van der Waals surface area contributed by atoms with Gasteiger partial charge in [-0.3, -0.25) is 4.79 Å². The van der Waals surface area contributed by atoms with E-state index < -0.39 is 0 Å². The summed E-state index contributed by atoms with van der Waals surface area (Å²) < 4.78 is 7.63. The van der Waals surface area contributed by atoms with Crippen LogP contribution in [0.1, 0.15) is 35.3 Å². The van der Waals surface area contributed by atoms with Gasteiger partial charge >= 0.3 is 0 Å². The lowest BCUT2D eigenvalue weighted by Crippen LogP contribution is -2.24. The lowest BCUT2D eigenvalue weighted by molar-refractivity contribution is 0.103. The number of ether oxygens (including phenoxy) is 1. The van der Waals surface area contributed by atoms with Crippen LogP contribution < -0.4 is 4.74 Å². The zero-order valence-corrected chi connectivity index (χ0v) is 15.0. The van der Waals surface area contributed by atoms with Gasteiger partial charge in [0.25, 0.3) is 0 Å². The fourth-order valence-electron chi connectivity index (χ4n) is 2.40. The van der Waals surface area contributed by atoms with Gasteiger partial charge in [0.2, 0.25) is 0 Å². The van der Waals surface area contributed by atoms with Crippen molar-refractivity contribution in [2.24, 2.45) is 0 Å². The van der Waals surface area contributed by atoms with E-state index in [1.807, 2.05) is 24.3 Å². The predicted octanol–water partition coefficient (Wildman–Crippen LogP) is 5.22. The van der Waals surface area contributed by atoms with Crippen molar-refractivity contribution < 1.29 is 9.53 Å². The Kier molecular flexibility index (Phi) is 3.55. The van der Waals surface area contributed by atoms with E-state index in [2.05, 4.69) is 45.7 Å². The highest BCUT2D eigenvalue weighted by molar-refractivity contribution is 9.12. The first-order valence-electron chi connectivity index (χ1n) is 6.17. The standard InChI is InChI=1S/C15H12Br2O2S/c1-15(2)7-9-5-8(3-4-11(9)19-15)13(18)10-6-12(16)20-14(10)17/h3-6H,7H2,1-2H3. The molecular weight excluding hydrogens is 404 g/mol. The summed E-state index contributed by atoms with van der Waals surface area (Å²) >= 11 is 8.35. The highest BCUT2D eigenvalue weighted by atomic mass is 79.9. The zero-order chi connectivity index (χ0) is 14.5. The summed E-state index contributed by atoms with van der Waals surface area (Å²) in [6.45, 7) is 4.11. The van der Waals surface area contributed by atoms with Crippen molar-refractivity contribution in [1.82, 2.24) is 0 Å². The Morgan fingerprint density at radius 3 is 2.70 bits per heavy atom. The first-order chi connectivity index (χ1) is 9.35. The Morgan fingerprint density at radius 1 is 1.30 bits per heavy atom. The van der Waals surface area contributed by atoms with Crippen LogP contribution in [0.5, 0.6) is 5.75 Å². The van der Waals surface area contributed by atoms with Crippen molar-refractivity contribution in [3.8, 4) is 5.75 Å². The predicted molar refractivity (Wildman–Crippen MR) is 88.0 cm³/mol. The minimum absolute atomic E-state index is 0.0336. The molecule has 3 rings (SSSR count). The molecule has 0 atom stereocenters. The number of benzene rings is 1. The molecule has 1 aliphatic heterocycles. The number of rotatable bonds is 2. The van der Waals surface area contributed by atoms with Crippen molar-refractivity contribution >= 4 is 49.0 Å². The van der Waals surface area contributed by atoms with Crippen LogP contribution in [0.3, 0.4) is 0 Å². The lowest BCUT2D eigenvalue weighted by atomic mass is 9.98. The summed E-state index contributed by atoms with van der Waals surface area (Å²) in [6, 6.07) is 7.53. The molecule has 0 aliphatic carbocycles. The molecule has 0 spiro atoms. The van der Waals surface area contributed by atoms with Crippen molar-refractivity contribution in [3.05, 3.63) is 48.5 Å². The molecule has 20 heavy (non-hydrogen) atoms. The Balaban J connectivity index is 1.97. The molecule has 1 aliphatic rings. The summed E-state index contributed by atoms with van der Waals surface area (Å²) in [5, 5.41) is 0. The summed E-state index contributed by atoms with van der Waals surface area (Å²) in [5.41, 5.74) is 2.32. The summed E-state index contributed by atoms with van der Waals surface area (Å²) in [6.07, 6.45) is 0.831. The number of carbonyl (C=O) groups excluding carboxylic acids is 1. The number of ketones is 1. The molecule has 0 radical (unpaired) electrons. The highest BCUT2D eigenvalue weighted by Crippen LogP contribution is 2.37. The first kappa shape index (κ1) is 14.3. The lowest BCUT2D eigenvalue weighted by Gasteiger charge is -2.16. The van der Waals surface area contributed by atoms with Crippen LogP contribution >= 0.6 is 43.2 Å². The third-order valence-electron chi connectivity index (χ3n) is 3.23. The van der Waals surface area contributed by atoms with E-state index in [0.717, 1.165) is 25.3 Å². The van der Waals surface area contributed by atoms with Crippen LogP contribution in [0.15, 0.2) is 31.8 Å². The van der Waals surface area contributed by atoms with E-state index in [-0.39, 0.29) is 11.4 Å². The van der Waals surface area contributed by atoms with Gasteiger partial charge in [0.05, 0.1) is 7.57 Å². The second-order valence-electron chi connectivity index (χ2n) is 5.43. The molecule has 0 unspecified atom stereocenters. The summed E-state index contributed by atoms with van der Waals surface area (Å²) in [5.74, 6) is 0.920. The second-order valence-corrected chi connectivity index (χ2v) is 9.18. The van der Waals surface area contributed by atoms with Gasteiger partial charge in [0, 0.05) is 17.5 Å². The van der Waals surface area contributed by atoms with Crippen LogP contribution in [0.2, 0.25) is 0 Å². The first-order valence-corrected chi connectivity index (χ1v) is 8.57. The highest BCUT2D eigenvalue weighted by Gasteiger charge is 2.30. The molecule has 0 N–H and O–H groups in total. The van der Waals surface area contributed by atoms with Gasteiger partial charge < -0.3 is 4.74 Å². The minimum atomic E-state index is -0.185. The molecule has 1 aromatic heterocycles. The van der Waals surface area contributed by atoms with Crippen molar-refractivity contribution in [1.29, 1.82) is 0 Å². The Labute approximate surface area is 138 Å². The average molecular weight is 416 g/mol. The van der Waals surface area contributed by atoms with E-state index in [9.17, 15) is 4.79 Å². The van der Waals surface area contributed by atoms with Gasteiger partial charge in [-0.15, -0.1) is 11.3 Å². The average Bonchev–Trinajstić information content (AvgIpc) is 2.84. The topological polar surface area (TPSA) is 26.3 Å². The maximum atomic E-state index is 12.6. The molecule has 0 saturated heterocycles. The number of hydrogen-bond acceptors (Lipinski definition) is 3. The molecule has 2 aromatic rings. The molecule has 0 bridgehead atoms. The van der Waals surface area contributed by atoms with Crippen LogP contribution in [0.4, 0.5) is 0 Å². The number of hydrogen-bond donors (Lipinski definition) is 0. The summed E-state index contributed by atoms with van der Waals surface area (Å²) in [7, 11) is 0. The third-order valence-corrected chi connectivity index (χ3v) is 5.57. The smallest absolute Gasteiger partial charge is 0.195 e. The van der Waals surface area contributed by atoms with E-state index in [4.69, 9.17) is 4.74 Å². The van der Waals surface area contributed by atoms with Gasteiger partial charge in [-0.2, -0.15) is 0 Å². The molecular formula is C15H12Br2O2S. The number of carbonyl (C=O) groups is 1. The second kappa shape index (κ2) is 4.97. The SMILES string of the molecule is CC1(C)Cc2cc(C(=O)c3cc(Br)sc3Br)ccc2O1. The van der Waals surface area contributed by atoms with E-state index in [0.29, 0.717) is 11.1 Å². The van der Waals surface area contributed by atoms with Crippen LogP contribution in [0, 0.1) is 0 Å². The molecule has 2 nitrogen and oxygen atoms in total. The van der Waals surface area contributed by atoms with Crippen LogP contribution in [-0.2, 0) is 6.42 Å². The Hall–Kier alpha value is -0.650. The largest absolute Gasteiger partial charge is 0.487 e. The summed E-state index contributed by atoms with van der Waals surface area (Å²) in [4.78, 5) is 12.6. The van der Waals surface area contributed by atoms with Gasteiger partial charge in [0.15, 0.2) is 5.78 Å². The molecule has 0 saturated carbocycles. The fraction of sp³-hybridized carbons (Fsp3) is 0.267. The number of fused-ring (bicyclic) bond motifs is 1. The van der Waals surface area contributed by atoms with Crippen molar-refractivity contribution in [2.75, 3.05) is 0 Å². The molecule has 104 valence electrons. The molecule has 0 fully saturated rings. The molecule has 1 aromatic carbocycles. The Morgan fingerprint density at radius 2 is 2.05 bits per heavy atom. The zero-order valence-electron chi connectivity index (χ0n) is 11.0. The number of thiophene rings is 1. The van der Waals surface area contributed by atoms with Gasteiger partial charge in [-0.25, -0.2) is 0 Å². The van der Waals surface area contributed by atoms with E-state index in [1.54, 1.807) is 0 Å². The maximum Gasteiger partial charge on any atom is 0.195 e. The van der Waals surface area contributed by atoms with Gasteiger partial charge in [-0.05, 0) is 75.5 Å². The molecule has 0 amide bonds. The quantitative estimate of drug-likeness (QED) is 0.628. The van der Waals surface area contributed by atoms with Crippen molar-refractivity contribution in [3.63, 3.8) is 0 Å². The third kappa shape index (κ3) is 2.59. The monoisotopic (exact) mass is 414 g/mol. The normalized spacial score (nSPS) is 15.8. The van der Waals surface area contributed by atoms with E-state index >= 15 is 0 Å². The fourth-order valence-corrected chi connectivity index (χ4v) is 5.19. The number of halogens is 2. The molecule has 5 heteroatoms. The Bertz CT molecular complexity index is 704. The van der Waals surface area contributed by atoms with Crippen LogP contribution in [0.25, 0.3) is 0 Å².